The number of carbonyl (C=O) groups is 2. The summed E-state index contributed by atoms with van der Waals surface area (Å²) in [5.41, 5.74) is 0. The third-order valence-corrected chi connectivity index (χ3v) is 1.59. The quantitative estimate of drug-likeness (QED) is 0.355. The molecule has 0 aliphatic heterocycles. The molecule has 0 amide bonds. The van der Waals surface area contributed by atoms with Gasteiger partial charge in [0, 0.05) is 12.4 Å². The highest BCUT2D eigenvalue weighted by Crippen LogP contribution is 1.82. The SMILES string of the molecule is COC(=O)CC=NCCN=CCC(=O)OC. The van der Waals surface area contributed by atoms with E-state index in [0.717, 1.165) is 0 Å². The molecule has 0 fully saturated rings. The molecule has 0 aromatic rings. The van der Waals surface area contributed by atoms with Crippen LogP contribution in [0.25, 0.3) is 0 Å². The predicted octanol–water partition coefficient (Wildman–Crippen LogP) is 0.254. The van der Waals surface area contributed by atoms with E-state index in [-0.39, 0.29) is 24.8 Å². The van der Waals surface area contributed by atoms with E-state index in [0.29, 0.717) is 13.1 Å². The van der Waals surface area contributed by atoms with Gasteiger partial charge in [0.15, 0.2) is 0 Å². The Balaban J connectivity index is 3.45. The van der Waals surface area contributed by atoms with E-state index in [1.807, 2.05) is 0 Å². The van der Waals surface area contributed by atoms with Gasteiger partial charge >= 0.3 is 11.9 Å². The zero-order chi connectivity index (χ0) is 12.2. The van der Waals surface area contributed by atoms with Crippen LogP contribution in [0.15, 0.2) is 9.98 Å². The Hall–Kier alpha value is -1.72. The maximum Gasteiger partial charge on any atom is 0.310 e. The highest BCUT2D eigenvalue weighted by Gasteiger charge is 1.94. The van der Waals surface area contributed by atoms with Crippen molar-refractivity contribution in [2.45, 2.75) is 12.8 Å². The van der Waals surface area contributed by atoms with Crippen LogP contribution in [0.4, 0.5) is 0 Å². The van der Waals surface area contributed by atoms with E-state index in [1.54, 1.807) is 0 Å². The Morgan fingerprint density at radius 3 is 1.62 bits per heavy atom. The third kappa shape index (κ3) is 8.86. The molecule has 0 unspecified atom stereocenters. The smallest absolute Gasteiger partial charge is 0.310 e. The van der Waals surface area contributed by atoms with Crippen molar-refractivity contribution in [1.29, 1.82) is 0 Å². The van der Waals surface area contributed by atoms with Crippen molar-refractivity contribution in [3.8, 4) is 0 Å². The molecule has 0 spiro atoms. The van der Waals surface area contributed by atoms with Crippen molar-refractivity contribution in [2.24, 2.45) is 9.98 Å². The van der Waals surface area contributed by atoms with Crippen LogP contribution in [0, 0.1) is 0 Å². The molecule has 0 heterocycles. The molecule has 0 aliphatic rings. The lowest BCUT2D eigenvalue weighted by atomic mass is 10.4. The first-order valence-corrected chi connectivity index (χ1v) is 4.81. The molecular formula is C10H16N2O4. The molecular weight excluding hydrogens is 212 g/mol. The number of nitrogens with zero attached hydrogens (tertiary/aromatic N) is 2. The first-order chi connectivity index (χ1) is 7.70. The van der Waals surface area contributed by atoms with Crippen LogP contribution >= 0.6 is 0 Å². The molecule has 0 N–H and O–H groups in total. The molecule has 0 aromatic heterocycles. The number of ether oxygens (including phenoxy) is 2. The van der Waals surface area contributed by atoms with Crippen LogP contribution < -0.4 is 0 Å². The van der Waals surface area contributed by atoms with E-state index in [2.05, 4.69) is 19.5 Å². The van der Waals surface area contributed by atoms with E-state index >= 15 is 0 Å². The summed E-state index contributed by atoms with van der Waals surface area (Å²) in [4.78, 5) is 29.2. The Kier molecular flexibility index (Phi) is 8.76. The van der Waals surface area contributed by atoms with Gasteiger partial charge in [0.05, 0.1) is 40.2 Å². The summed E-state index contributed by atoms with van der Waals surface area (Å²) in [5.74, 6) is -0.643. The molecule has 6 heteroatoms. The van der Waals surface area contributed by atoms with Crippen molar-refractivity contribution in [1.82, 2.24) is 0 Å². The number of carbonyl (C=O) groups excluding carboxylic acids is 2. The van der Waals surface area contributed by atoms with Crippen LogP contribution in [0.3, 0.4) is 0 Å². The topological polar surface area (TPSA) is 77.3 Å². The maximum absolute atomic E-state index is 10.7. The fraction of sp³-hybridized carbons (Fsp3) is 0.600. The second kappa shape index (κ2) is 9.82. The summed E-state index contributed by atoms with van der Waals surface area (Å²) < 4.78 is 8.85. The minimum atomic E-state index is -0.321. The second-order valence-corrected chi connectivity index (χ2v) is 2.74. The lowest BCUT2D eigenvalue weighted by Gasteiger charge is -1.93. The van der Waals surface area contributed by atoms with Gasteiger partial charge in [-0.05, 0) is 0 Å². The van der Waals surface area contributed by atoms with Gasteiger partial charge in [-0.1, -0.05) is 0 Å². The number of rotatable bonds is 7. The van der Waals surface area contributed by atoms with E-state index < -0.39 is 0 Å². The molecule has 0 aromatic carbocycles. The van der Waals surface area contributed by atoms with Gasteiger partial charge in [-0.15, -0.1) is 0 Å². The van der Waals surface area contributed by atoms with E-state index in [1.165, 1.54) is 26.6 Å². The molecule has 0 bridgehead atoms. The first-order valence-electron chi connectivity index (χ1n) is 4.81. The molecule has 16 heavy (non-hydrogen) atoms. The van der Waals surface area contributed by atoms with Gasteiger partial charge in [0.2, 0.25) is 0 Å². The van der Waals surface area contributed by atoms with E-state index in [4.69, 9.17) is 0 Å². The Labute approximate surface area is 94.4 Å². The summed E-state index contributed by atoms with van der Waals surface area (Å²) in [6.07, 6.45) is 3.31. The van der Waals surface area contributed by atoms with Gasteiger partial charge in [-0.3, -0.25) is 19.6 Å². The molecule has 0 atom stereocenters. The van der Waals surface area contributed by atoms with Gasteiger partial charge in [0.25, 0.3) is 0 Å². The lowest BCUT2D eigenvalue weighted by Crippen LogP contribution is -2.01. The summed E-state index contributed by atoms with van der Waals surface area (Å²) in [6.45, 7) is 0.962. The minimum absolute atomic E-state index is 0.169. The van der Waals surface area contributed by atoms with Crippen LogP contribution in [-0.4, -0.2) is 51.7 Å². The number of hydrogen-bond acceptors (Lipinski definition) is 6. The molecule has 90 valence electrons. The highest BCUT2D eigenvalue weighted by atomic mass is 16.5. The fourth-order valence-corrected chi connectivity index (χ4v) is 0.743. The number of hydrogen-bond donors (Lipinski definition) is 0. The monoisotopic (exact) mass is 228 g/mol. The highest BCUT2D eigenvalue weighted by molar-refractivity contribution is 5.86. The molecule has 0 saturated heterocycles. The third-order valence-electron chi connectivity index (χ3n) is 1.59. The Morgan fingerprint density at radius 2 is 1.31 bits per heavy atom. The Bertz CT molecular complexity index is 246. The molecule has 0 rings (SSSR count). The normalized spacial score (nSPS) is 10.9. The largest absolute Gasteiger partial charge is 0.469 e. The predicted molar refractivity (Wildman–Crippen MR) is 60.0 cm³/mol. The van der Waals surface area contributed by atoms with Gasteiger partial charge in [-0.25, -0.2) is 0 Å². The van der Waals surface area contributed by atoms with Gasteiger partial charge in [-0.2, -0.15) is 0 Å². The summed E-state index contributed by atoms with van der Waals surface area (Å²) in [6, 6.07) is 0. The summed E-state index contributed by atoms with van der Waals surface area (Å²) in [7, 11) is 2.65. The van der Waals surface area contributed by atoms with Crippen molar-refractivity contribution in [3.63, 3.8) is 0 Å². The fourth-order valence-electron chi connectivity index (χ4n) is 0.743. The summed E-state index contributed by atoms with van der Waals surface area (Å²) >= 11 is 0. The van der Waals surface area contributed by atoms with Crippen LogP contribution in [0.2, 0.25) is 0 Å². The van der Waals surface area contributed by atoms with Crippen molar-refractivity contribution < 1.29 is 19.1 Å². The van der Waals surface area contributed by atoms with Crippen LogP contribution in [0.1, 0.15) is 12.8 Å². The first kappa shape index (κ1) is 14.3. The zero-order valence-corrected chi connectivity index (χ0v) is 9.51. The number of esters is 2. The average Bonchev–Trinajstić information content (AvgIpc) is 2.31. The standard InChI is InChI=1S/C10H16N2O4/c1-15-9(13)3-5-11-7-8-12-6-4-10(14)16-2/h5-6H,3-4,7-8H2,1-2H3. The summed E-state index contributed by atoms with van der Waals surface area (Å²) in [5, 5.41) is 0. The molecule has 0 radical (unpaired) electrons. The van der Waals surface area contributed by atoms with Gasteiger partial charge in [0.1, 0.15) is 0 Å². The molecule has 0 aliphatic carbocycles. The van der Waals surface area contributed by atoms with Crippen molar-refractivity contribution in [3.05, 3.63) is 0 Å². The minimum Gasteiger partial charge on any atom is -0.469 e. The maximum atomic E-state index is 10.7. The number of methoxy groups -OCH3 is 2. The second-order valence-electron chi connectivity index (χ2n) is 2.74. The lowest BCUT2D eigenvalue weighted by molar-refractivity contribution is -0.140. The molecule has 0 saturated carbocycles. The zero-order valence-electron chi connectivity index (χ0n) is 9.51. The van der Waals surface area contributed by atoms with Crippen molar-refractivity contribution >= 4 is 24.4 Å². The van der Waals surface area contributed by atoms with Crippen LogP contribution in [-0.2, 0) is 19.1 Å². The Morgan fingerprint density at radius 1 is 0.938 bits per heavy atom. The van der Waals surface area contributed by atoms with Crippen LogP contribution in [0.5, 0.6) is 0 Å². The van der Waals surface area contributed by atoms with Crippen molar-refractivity contribution in [2.75, 3.05) is 27.3 Å². The number of aliphatic imine (C=N–C) groups is 2. The molecule has 6 nitrogen and oxygen atoms in total. The van der Waals surface area contributed by atoms with Gasteiger partial charge < -0.3 is 9.47 Å². The van der Waals surface area contributed by atoms with E-state index in [9.17, 15) is 9.59 Å². The average molecular weight is 228 g/mol.